The first-order valence-electron chi connectivity index (χ1n) is 9.91. The van der Waals surface area contributed by atoms with Gasteiger partial charge in [-0.05, 0) is 43.4 Å². The molecule has 2 heterocycles. The lowest BCUT2D eigenvalue weighted by Crippen LogP contribution is -2.37. The van der Waals surface area contributed by atoms with E-state index in [1.165, 1.54) is 0 Å². The molecule has 1 saturated heterocycles. The topological polar surface area (TPSA) is 66.0 Å². The average molecular weight is 389 g/mol. The van der Waals surface area contributed by atoms with Crippen molar-refractivity contribution in [3.05, 3.63) is 29.8 Å². The maximum atomic E-state index is 12.9. The zero-order valence-corrected chi connectivity index (χ0v) is 17.4. The van der Waals surface area contributed by atoms with E-state index in [1.54, 1.807) is 7.11 Å². The van der Waals surface area contributed by atoms with Crippen molar-refractivity contribution in [3.8, 4) is 17.2 Å². The molecule has 6 heteroatoms. The predicted molar refractivity (Wildman–Crippen MR) is 107 cm³/mol. The Morgan fingerprint density at radius 2 is 2.14 bits per heavy atom. The molecule has 1 fully saturated rings. The van der Waals surface area contributed by atoms with E-state index >= 15 is 0 Å². The average Bonchev–Trinajstić information content (AvgIpc) is 3.27. The number of esters is 1. The number of carbonyl (C=O) groups is 1. The van der Waals surface area contributed by atoms with E-state index < -0.39 is 0 Å². The third-order valence-electron chi connectivity index (χ3n) is 5.50. The summed E-state index contributed by atoms with van der Waals surface area (Å²) < 4.78 is 22.0. The van der Waals surface area contributed by atoms with Gasteiger partial charge in [0.1, 0.15) is 0 Å². The van der Waals surface area contributed by atoms with Gasteiger partial charge in [-0.15, -0.1) is 0 Å². The summed E-state index contributed by atoms with van der Waals surface area (Å²) in [6.07, 6.45) is 5.10. The molecule has 1 aromatic carbocycles. The summed E-state index contributed by atoms with van der Waals surface area (Å²) in [5, 5.41) is 3.57. The lowest BCUT2D eigenvalue weighted by molar-refractivity contribution is -0.149. The zero-order chi connectivity index (χ0) is 20.3. The summed E-state index contributed by atoms with van der Waals surface area (Å²) in [5.74, 6) is 1.47. The monoisotopic (exact) mass is 389 g/mol. The van der Waals surface area contributed by atoms with Crippen LogP contribution in [0.15, 0.2) is 24.3 Å². The molecule has 1 aromatic rings. The van der Waals surface area contributed by atoms with Gasteiger partial charge in [-0.1, -0.05) is 26.0 Å². The van der Waals surface area contributed by atoms with E-state index in [-0.39, 0.29) is 36.1 Å². The molecule has 2 aliphatic rings. The molecule has 154 valence electrons. The summed E-state index contributed by atoms with van der Waals surface area (Å²) in [6.45, 7) is 9.49. The minimum absolute atomic E-state index is 0.0153. The Bertz CT molecular complexity index is 743. The highest BCUT2D eigenvalue weighted by Gasteiger charge is 2.44. The molecule has 28 heavy (non-hydrogen) atoms. The molecule has 0 unspecified atom stereocenters. The van der Waals surface area contributed by atoms with Crippen LogP contribution in [0, 0.1) is 11.3 Å². The summed E-state index contributed by atoms with van der Waals surface area (Å²) in [7, 11) is 1.61. The molecule has 1 N–H and O–H groups in total. The van der Waals surface area contributed by atoms with Gasteiger partial charge in [-0.2, -0.15) is 0 Å². The van der Waals surface area contributed by atoms with Crippen LogP contribution in [0.4, 0.5) is 0 Å². The highest BCUT2D eigenvalue weighted by molar-refractivity contribution is 5.75. The summed E-state index contributed by atoms with van der Waals surface area (Å²) in [6, 6.07) is 3.95. The molecule has 0 aliphatic carbocycles. The molecule has 0 aromatic heterocycles. The number of fused-ring (bicyclic) bond motifs is 1. The largest absolute Gasteiger partial charge is 0.493 e. The number of hydrogen-bond acceptors (Lipinski definition) is 6. The third-order valence-corrected chi connectivity index (χ3v) is 5.50. The summed E-state index contributed by atoms with van der Waals surface area (Å²) >= 11 is 0. The van der Waals surface area contributed by atoms with Gasteiger partial charge < -0.3 is 24.3 Å². The van der Waals surface area contributed by atoms with Gasteiger partial charge in [-0.3, -0.25) is 4.79 Å². The number of rotatable bonds is 7. The predicted octanol–water partition coefficient (Wildman–Crippen LogP) is 3.65. The Balaban J connectivity index is 1.93. The number of carbonyl (C=O) groups excluding carboxylic acids is 1. The molecule has 2 aliphatic heterocycles. The molecule has 0 bridgehead atoms. The molecule has 0 amide bonds. The van der Waals surface area contributed by atoms with Gasteiger partial charge >= 0.3 is 5.97 Å². The standard InChI is InChI=1S/C22H31NO5/c1-6-8-22(3,4)11-16-19(21(24)26-7-2)15(12-23-16)14-9-17(25-5)20-18(10-14)27-13-28-20/h6,8-10,15-16,19,23H,7,11-13H2,1-5H3/t15-,16+,19-/m1/s1. The zero-order valence-electron chi connectivity index (χ0n) is 17.4. The lowest BCUT2D eigenvalue weighted by atomic mass is 9.77. The first kappa shape index (κ1) is 20.5. The van der Waals surface area contributed by atoms with Crippen LogP contribution in [0.3, 0.4) is 0 Å². The van der Waals surface area contributed by atoms with Gasteiger partial charge in [0.15, 0.2) is 11.5 Å². The highest BCUT2D eigenvalue weighted by Crippen LogP contribution is 2.46. The van der Waals surface area contributed by atoms with Crippen LogP contribution < -0.4 is 19.5 Å². The third kappa shape index (κ3) is 4.12. The Morgan fingerprint density at radius 3 is 2.82 bits per heavy atom. The minimum Gasteiger partial charge on any atom is -0.493 e. The number of ether oxygens (including phenoxy) is 4. The van der Waals surface area contributed by atoms with Crippen molar-refractivity contribution in [2.24, 2.45) is 11.3 Å². The second-order valence-corrected chi connectivity index (χ2v) is 8.05. The van der Waals surface area contributed by atoms with Crippen LogP contribution in [-0.4, -0.2) is 39.1 Å². The van der Waals surface area contributed by atoms with Crippen molar-refractivity contribution in [1.29, 1.82) is 0 Å². The smallest absolute Gasteiger partial charge is 0.311 e. The van der Waals surface area contributed by atoms with E-state index in [1.807, 2.05) is 26.0 Å². The second kappa shape index (κ2) is 8.43. The van der Waals surface area contributed by atoms with Crippen LogP contribution in [0.2, 0.25) is 0 Å². The van der Waals surface area contributed by atoms with Crippen molar-refractivity contribution in [1.82, 2.24) is 5.32 Å². The van der Waals surface area contributed by atoms with Gasteiger partial charge in [0.25, 0.3) is 0 Å². The summed E-state index contributed by atoms with van der Waals surface area (Å²) in [4.78, 5) is 12.9. The summed E-state index contributed by atoms with van der Waals surface area (Å²) in [5.41, 5.74) is 0.983. The van der Waals surface area contributed by atoms with E-state index in [0.717, 1.165) is 12.0 Å². The van der Waals surface area contributed by atoms with E-state index in [4.69, 9.17) is 18.9 Å². The molecule has 0 radical (unpaired) electrons. The van der Waals surface area contributed by atoms with Crippen LogP contribution in [0.25, 0.3) is 0 Å². The van der Waals surface area contributed by atoms with Crippen molar-refractivity contribution in [2.45, 2.75) is 46.1 Å². The lowest BCUT2D eigenvalue weighted by Gasteiger charge is -2.29. The van der Waals surface area contributed by atoms with Gasteiger partial charge in [0.2, 0.25) is 12.5 Å². The highest BCUT2D eigenvalue weighted by atomic mass is 16.7. The molecule has 6 nitrogen and oxygen atoms in total. The van der Waals surface area contributed by atoms with Crippen LogP contribution in [0.5, 0.6) is 17.2 Å². The van der Waals surface area contributed by atoms with Crippen LogP contribution in [-0.2, 0) is 9.53 Å². The number of nitrogens with one attached hydrogen (secondary N) is 1. The van der Waals surface area contributed by atoms with E-state index in [9.17, 15) is 4.79 Å². The first-order valence-corrected chi connectivity index (χ1v) is 9.91. The fourth-order valence-corrected chi connectivity index (χ4v) is 4.35. The maximum absolute atomic E-state index is 12.9. The quantitative estimate of drug-likeness (QED) is 0.567. The van der Waals surface area contributed by atoms with Gasteiger partial charge in [0.05, 0.1) is 19.6 Å². The number of methoxy groups -OCH3 is 1. The SMILES string of the molecule is CC=CC(C)(C)C[C@@H]1NC[C@H](c2cc(OC)c3c(c2)OCO3)[C@H]1C(=O)OCC. The molecule has 3 atom stereocenters. The molecular formula is C22H31NO5. The molecule has 3 rings (SSSR count). The maximum Gasteiger partial charge on any atom is 0.311 e. The van der Waals surface area contributed by atoms with E-state index in [0.29, 0.717) is 30.4 Å². The van der Waals surface area contributed by atoms with Crippen molar-refractivity contribution in [2.75, 3.05) is 27.1 Å². The van der Waals surface area contributed by atoms with Crippen molar-refractivity contribution < 1.29 is 23.7 Å². The van der Waals surface area contributed by atoms with Crippen LogP contribution in [0.1, 0.15) is 45.6 Å². The van der Waals surface area contributed by atoms with Crippen molar-refractivity contribution >= 4 is 5.97 Å². The fraction of sp³-hybridized carbons (Fsp3) is 0.591. The first-order chi connectivity index (χ1) is 13.4. The normalized spacial score (nSPS) is 24.0. The molecule has 0 spiro atoms. The van der Waals surface area contributed by atoms with Crippen LogP contribution >= 0.6 is 0 Å². The van der Waals surface area contributed by atoms with E-state index in [2.05, 4.69) is 31.3 Å². The minimum atomic E-state index is -0.269. The number of hydrogen-bond donors (Lipinski definition) is 1. The number of benzene rings is 1. The Hall–Kier alpha value is -2.21. The molecule has 0 saturated carbocycles. The van der Waals surface area contributed by atoms with Crippen molar-refractivity contribution in [3.63, 3.8) is 0 Å². The Morgan fingerprint density at radius 1 is 1.36 bits per heavy atom. The Labute approximate surface area is 167 Å². The van der Waals surface area contributed by atoms with Gasteiger partial charge in [0, 0.05) is 18.5 Å². The molecular weight excluding hydrogens is 358 g/mol. The Kier molecular flexibility index (Phi) is 6.18. The fourth-order valence-electron chi connectivity index (χ4n) is 4.35. The van der Waals surface area contributed by atoms with Gasteiger partial charge in [-0.25, -0.2) is 0 Å². The number of allylic oxidation sites excluding steroid dienone is 2. The second-order valence-electron chi connectivity index (χ2n) is 8.05.